The number of hydrogen-bond acceptors (Lipinski definition) is 4. The van der Waals surface area contributed by atoms with Crippen molar-refractivity contribution in [3.63, 3.8) is 0 Å². The van der Waals surface area contributed by atoms with Crippen LogP contribution in [0.5, 0.6) is 0 Å². The lowest BCUT2D eigenvalue weighted by Gasteiger charge is -2.22. The van der Waals surface area contributed by atoms with Gasteiger partial charge in [-0.25, -0.2) is 0 Å². The van der Waals surface area contributed by atoms with Crippen LogP contribution in [-0.4, -0.2) is 34.6 Å². The fraction of sp³-hybridized carbons (Fsp3) is 0.538. The Kier molecular flexibility index (Phi) is 4.08. The largest absolute Gasteiger partial charge is 0.385 e. The van der Waals surface area contributed by atoms with Crippen molar-refractivity contribution in [1.82, 2.24) is 9.88 Å². The summed E-state index contributed by atoms with van der Waals surface area (Å²) < 4.78 is 0. The third-order valence-corrected chi connectivity index (χ3v) is 3.19. The van der Waals surface area contributed by atoms with Gasteiger partial charge in [-0.2, -0.15) is 5.26 Å². The van der Waals surface area contributed by atoms with Gasteiger partial charge in [0.05, 0.1) is 17.7 Å². The summed E-state index contributed by atoms with van der Waals surface area (Å²) in [5, 5.41) is 19.3. The molecule has 0 spiro atoms. The van der Waals surface area contributed by atoms with Crippen LogP contribution in [-0.2, 0) is 0 Å². The molecule has 1 aromatic heterocycles. The number of aliphatic hydroxyl groups excluding tert-OH is 1. The van der Waals surface area contributed by atoms with Crippen LogP contribution in [0.3, 0.4) is 0 Å². The minimum atomic E-state index is -0.790. The quantitative estimate of drug-likeness (QED) is 0.849. The van der Waals surface area contributed by atoms with E-state index in [1.165, 1.54) is 12.8 Å². The molecule has 2 atom stereocenters. The Morgan fingerprint density at radius 1 is 1.41 bits per heavy atom. The molecule has 1 saturated heterocycles. The number of pyridine rings is 1. The smallest absolute Gasteiger partial charge is 0.113 e. The van der Waals surface area contributed by atoms with Gasteiger partial charge in [-0.1, -0.05) is 6.07 Å². The van der Waals surface area contributed by atoms with Crippen molar-refractivity contribution >= 4 is 0 Å². The predicted molar refractivity (Wildman–Crippen MR) is 64.0 cm³/mol. The molecule has 4 heteroatoms. The van der Waals surface area contributed by atoms with Crippen molar-refractivity contribution in [3.8, 4) is 6.07 Å². The van der Waals surface area contributed by atoms with Crippen molar-refractivity contribution in [1.29, 1.82) is 5.26 Å². The zero-order valence-electron chi connectivity index (χ0n) is 9.79. The highest BCUT2D eigenvalue weighted by Gasteiger charge is 2.25. The van der Waals surface area contributed by atoms with E-state index in [1.807, 2.05) is 6.07 Å². The van der Waals surface area contributed by atoms with Crippen molar-refractivity contribution in [2.45, 2.75) is 18.9 Å². The molecular formula is C13H17N3O. The third kappa shape index (κ3) is 3.02. The van der Waals surface area contributed by atoms with Gasteiger partial charge in [0.1, 0.15) is 6.10 Å². The number of aromatic nitrogens is 1. The van der Waals surface area contributed by atoms with Crippen molar-refractivity contribution in [2.24, 2.45) is 5.92 Å². The molecule has 17 heavy (non-hydrogen) atoms. The molecule has 0 unspecified atom stereocenters. The first-order valence-electron chi connectivity index (χ1n) is 6.02. The van der Waals surface area contributed by atoms with Gasteiger partial charge in [0.15, 0.2) is 0 Å². The Bertz CT molecular complexity index is 381. The van der Waals surface area contributed by atoms with Gasteiger partial charge in [0.25, 0.3) is 0 Å². The van der Waals surface area contributed by atoms with E-state index in [9.17, 15) is 5.11 Å². The average molecular weight is 231 g/mol. The van der Waals surface area contributed by atoms with Gasteiger partial charge in [-0.15, -0.1) is 0 Å². The molecule has 0 bridgehead atoms. The van der Waals surface area contributed by atoms with E-state index in [2.05, 4.69) is 16.0 Å². The summed E-state index contributed by atoms with van der Waals surface area (Å²) in [7, 11) is 0. The molecule has 0 saturated carbocycles. The fourth-order valence-corrected chi connectivity index (χ4v) is 2.21. The van der Waals surface area contributed by atoms with Gasteiger partial charge >= 0.3 is 0 Å². The predicted octanol–water partition coefficient (Wildman–Crippen LogP) is 1.35. The first-order chi connectivity index (χ1) is 8.31. The van der Waals surface area contributed by atoms with Crippen molar-refractivity contribution < 1.29 is 5.11 Å². The molecular weight excluding hydrogens is 214 g/mol. The van der Waals surface area contributed by atoms with E-state index < -0.39 is 12.0 Å². The molecule has 0 aromatic carbocycles. The second kappa shape index (κ2) is 5.76. The van der Waals surface area contributed by atoms with Crippen LogP contribution in [0.25, 0.3) is 0 Å². The van der Waals surface area contributed by atoms with Crippen molar-refractivity contribution in [3.05, 3.63) is 30.1 Å². The minimum absolute atomic E-state index is 0.400. The topological polar surface area (TPSA) is 60.2 Å². The normalized spacial score (nSPS) is 19.8. The van der Waals surface area contributed by atoms with E-state index in [1.54, 1.807) is 18.3 Å². The summed E-state index contributed by atoms with van der Waals surface area (Å²) in [5.41, 5.74) is 0.582. The molecule has 90 valence electrons. The lowest BCUT2D eigenvalue weighted by atomic mass is 10.0. The van der Waals surface area contributed by atoms with Crippen LogP contribution < -0.4 is 0 Å². The highest BCUT2D eigenvalue weighted by molar-refractivity contribution is 5.10. The zero-order valence-corrected chi connectivity index (χ0v) is 9.79. The molecule has 0 radical (unpaired) electrons. The van der Waals surface area contributed by atoms with Gasteiger partial charge in [0.2, 0.25) is 0 Å². The Morgan fingerprint density at radius 3 is 2.76 bits per heavy atom. The number of aliphatic hydroxyl groups is 1. The van der Waals surface area contributed by atoms with Gasteiger partial charge in [-0.3, -0.25) is 4.98 Å². The van der Waals surface area contributed by atoms with Gasteiger partial charge < -0.3 is 10.0 Å². The molecule has 1 fully saturated rings. The number of likely N-dealkylation sites (tertiary alicyclic amines) is 1. The third-order valence-electron chi connectivity index (χ3n) is 3.19. The summed E-state index contributed by atoms with van der Waals surface area (Å²) in [5.74, 6) is -0.400. The number of rotatable bonds is 4. The van der Waals surface area contributed by atoms with E-state index >= 15 is 0 Å². The minimum Gasteiger partial charge on any atom is -0.385 e. The highest BCUT2D eigenvalue weighted by atomic mass is 16.3. The maximum Gasteiger partial charge on any atom is 0.113 e. The lowest BCUT2D eigenvalue weighted by Crippen LogP contribution is -2.29. The molecule has 0 aliphatic carbocycles. The van der Waals surface area contributed by atoms with Crippen molar-refractivity contribution in [2.75, 3.05) is 19.6 Å². The molecule has 1 aromatic rings. The number of hydrogen-bond donors (Lipinski definition) is 1. The lowest BCUT2D eigenvalue weighted by molar-refractivity contribution is 0.109. The Balaban J connectivity index is 2.00. The van der Waals surface area contributed by atoms with Crippen LogP contribution in [0.2, 0.25) is 0 Å². The van der Waals surface area contributed by atoms with Crippen LogP contribution in [0, 0.1) is 17.2 Å². The molecule has 1 aliphatic rings. The number of nitriles is 1. The fourth-order valence-electron chi connectivity index (χ4n) is 2.21. The Labute approximate surface area is 102 Å². The summed E-state index contributed by atoms with van der Waals surface area (Å²) in [4.78, 5) is 6.34. The number of nitrogens with zero attached hydrogens (tertiary/aromatic N) is 3. The molecule has 0 amide bonds. The average Bonchev–Trinajstić information content (AvgIpc) is 2.89. The molecule has 1 aliphatic heterocycles. The summed E-state index contributed by atoms with van der Waals surface area (Å²) in [6, 6.07) is 7.59. The zero-order chi connectivity index (χ0) is 12.1. The Hall–Kier alpha value is -1.44. The first kappa shape index (κ1) is 12.0. The standard InChI is InChI=1S/C13H17N3O/c14-9-11(10-16-7-3-4-8-16)13(17)12-5-1-2-6-15-12/h1-2,5-6,11,13,17H,3-4,7-8,10H2/t11-,13-/m1/s1. The van der Waals surface area contributed by atoms with Crippen LogP contribution >= 0.6 is 0 Å². The molecule has 4 nitrogen and oxygen atoms in total. The SMILES string of the molecule is N#C[C@H](CN1CCCC1)[C@@H](O)c1ccccn1. The van der Waals surface area contributed by atoms with Crippen LogP contribution in [0.4, 0.5) is 0 Å². The summed E-state index contributed by atoms with van der Waals surface area (Å²) in [6.45, 7) is 2.70. The Morgan fingerprint density at radius 2 is 2.18 bits per heavy atom. The molecule has 2 rings (SSSR count). The van der Waals surface area contributed by atoms with E-state index in [4.69, 9.17) is 5.26 Å². The maximum atomic E-state index is 10.1. The monoisotopic (exact) mass is 231 g/mol. The van der Waals surface area contributed by atoms with Gasteiger partial charge in [0, 0.05) is 12.7 Å². The highest BCUT2D eigenvalue weighted by Crippen LogP contribution is 2.22. The van der Waals surface area contributed by atoms with E-state index in [0.29, 0.717) is 12.2 Å². The van der Waals surface area contributed by atoms with Crippen LogP contribution in [0.15, 0.2) is 24.4 Å². The van der Waals surface area contributed by atoms with Crippen LogP contribution in [0.1, 0.15) is 24.6 Å². The first-order valence-corrected chi connectivity index (χ1v) is 6.02. The second-order valence-corrected chi connectivity index (χ2v) is 4.44. The molecule has 1 N–H and O–H groups in total. The van der Waals surface area contributed by atoms with Gasteiger partial charge in [-0.05, 0) is 38.1 Å². The van der Waals surface area contributed by atoms with E-state index in [0.717, 1.165) is 13.1 Å². The summed E-state index contributed by atoms with van der Waals surface area (Å²) >= 11 is 0. The molecule has 2 heterocycles. The van der Waals surface area contributed by atoms with E-state index in [-0.39, 0.29) is 0 Å². The maximum absolute atomic E-state index is 10.1. The second-order valence-electron chi connectivity index (χ2n) is 4.44. The summed E-state index contributed by atoms with van der Waals surface area (Å²) in [6.07, 6.45) is 3.24.